The molecule has 2 aromatic rings. The Kier molecular flexibility index (Phi) is 5.13. The van der Waals surface area contributed by atoms with E-state index in [0.717, 1.165) is 0 Å². The van der Waals surface area contributed by atoms with E-state index >= 15 is 0 Å². The molecule has 0 aliphatic heterocycles. The molecule has 2 rings (SSSR count). The average Bonchev–Trinajstić information content (AvgIpc) is 2.53. The topological polar surface area (TPSA) is 93.2 Å². The van der Waals surface area contributed by atoms with Gasteiger partial charge in [-0.15, -0.1) is 0 Å². The van der Waals surface area contributed by atoms with Gasteiger partial charge in [-0.05, 0) is 39.0 Å². The molecule has 1 aromatic carbocycles. The summed E-state index contributed by atoms with van der Waals surface area (Å²) in [7, 11) is 1.31. The lowest BCUT2D eigenvalue weighted by molar-refractivity contribution is 0.0601. The average molecular weight is 328 g/mol. The first-order valence-corrected chi connectivity index (χ1v) is 7.40. The van der Waals surface area contributed by atoms with Gasteiger partial charge in [0.25, 0.3) is 5.91 Å². The largest absolute Gasteiger partial charge is 0.465 e. The van der Waals surface area contributed by atoms with E-state index in [-0.39, 0.29) is 23.1 Å². The molecule has 7 nitrogen and oxygen atoms in total. The van der Waals surface area contributed by atoms with Gasteiger partial charge in [-0.3, -0.25) is 4.79 Å². The summed E-state index contributed by atoms with van der Waals surface area (Å²) in [6, 6.07) is 8.36. The van der Waals surface area contributed by atoms with Gasteiger partial charge in [0.2, 0.25) is 5.95 Å². The van der Waals surface area contributed by atoms with Gasteiger partial charge in [0.1, 0.15) is 5.69 Å². The number of amides is 1. The fourth-order valence-corrected chi connectivity index (χ4v) is 1.95. The van der Waals surface area contributed by atoms with Crippen molar-refractivity contribution in [2.45, 2.75) is 26.3 Å². The Labute approximate surface area is 140 Å². The molecule has 2 N–H and O–H groups in total. The molecule has 0 bridgehead atoms. The fourth-order valence-electron chi connectivity index (χ4n) is 1.95. The third kappa shape index (κ3) is 4.52. The normalized spacial score (nSPS) is 10.8. The molecular formula is C17H20N4O3. The van der Waals surface area contributed by atoms with Crippen LogP contribution in [-0.4, -0.2) is 34.5 Å². The Morgan fingerprint density at radius 3 is 2.50 bits per heavy atom. The molecule has 0 radical (unpaired) electrons. The quantitative estimate of drug-likeness (QED) is 0.838. The van der Waals surface area contributed by atoms with Gasteiger partial charge in [0, 0.05) is 11.7 Å². The molecular weight excluding hydrogens is 308 g/mol. The highest BCUT2D eigenvalue weighted by molar-refractivity contribution is 5.96. The summed E-state index contributed by atoms with van der Waals surface area (Å²) in [6.45, 7) is 5.66. The first-order valence-electron chi connectivity index (χ1n) is 7.40. The highest BCUT2D eigenvalue weighted by atomic mass is 16.5. The number of benzene rings is 1. The van der Waals surface area contributed by atoms with Gasteiger partial charge >= 0.3 is 5.97 Å². The van der Waals surface area contributed by atoms with Gasteiger partial charge in [-0.25, -0.2) is 14.8 Å². The molecule has 0 aliphatic rings. The predicted molar refractivity (Wildman–Crippen MR) is 90.3 cm³/mol. The molecule has 0 saturated carbocycles. The van der Waals surface area contributed by atoms with E-state index in [1.54, 1.807) is 24.3 Å². The Morgan fingerprint density at radius 2 is 1.83 bits per heavy atom. The zero-order valence-electron chi connectivity index (χ0n) is 14.1. The molecule has 7 heteroatoms. The van der Waals surface area contributed by atoms with E-state index in [1.807, 2.05) is 20.8 Å². The lowest BCUT2D eigenvalue weighted by atomic mass is 10.1. The smallest absolute Gasteiger partial charge is 0.339 e. The van der Waals surface area contributed by atoms with Crippen molar-refractivity contribution in [1.29, 1.82) is 0 Å². The Morgan fingerprint density at radius 1 is 1.12 bits per heavy atom. The van der Waals surface area contributed by atoms with Crippen LogP contribution in [0.3, 0.4) is 0 Å². The van der Waals surface area contributed by atoms with Crippen LogP contribution in [0.5, 0.6) is 0 Å². The zero-order valence-corrected chi connectivity index (χ0v) is 14.1. The summed E-state index contributed by atoms with van der Waals surface area (Å²) in [5.41, 5.74) is 0.719. The lowest BCUT2D eigenvalue weighted by Crippen LogP contribution is -2.41. The van der Waals surface area contributed by atoms with Crippen molar-refractivity contribution >= 4 is 23.5 Å². The summed E-state index contributed by atoms with van der Waals surface area (Å²) in [6.07, 6.45) is 1.48. The van der Waals surface area contributed by atoms with E-state index in [1.165, 1.54) is 19.4 Å². The first-order chi connectivity index (χ1) is 11.3. The minimum absolute atomic E-state index is 0.216. The van der Waals surface area contributed by atoms with Crippen LogP contribution < -0.4 is 10.6 Å². The number of para-hydroxylation sites is 1. The number of esters is 1. The number of hydrogen-bond donors (Lipinski definition) is 2. The molecule has 1 aromatic heterocycles. The first kappa shape index (κ1) is 17.4. The number of aromatic nitrogens is 2. The van der Waals surface area contributed by atoms with Crippen LogP contribution in [0.25, 0.3) is 0 Å². The van der Waals surface area contributed by atoms with Crippen molar-refractivity contribution in [3.63, 3.8) is 0 Å². The number of methoxy groups -OCH3 is 1. The Hall–Kier alpha value is -2.96. The van der Waals surface area contributed by atoms with Gasteiger partial charge in [-0.1, -0.05) is 12.1 Å². The van der Waals surface area contributed by atoms with E-state index in [0.29, 0.717) is 11.3 Å². The minimum Gasteiger partial charge on any atom is -0.465 e. The third-order valence-corrected chi connectivity index (χ3v) is 2.96. The second-order valence-corrected chi connectivity index (χ2v) is 6.13. The number of anilines is 2. The molecule has 1 amide bonds. The monoisotopic (exact) mass is 328 g/mol. The van der Waals surface area contributed by atoms with E-state index in [9.17, 15) is 9.59 Å². The van der Waals surface area contributed by atoms with Crippen molar-refractivity contribution in [1.82, 2.24) is 15.3 Å². The number of ether oxygens (including phenoxy) is 1. The molecule has 126 valence electrons. The number of rotatable bonds is 4. The number of nitrogens with one attached hydrogen (secondary N) is 2. The number of carbonyl (C=O) groups is 2. The van der Waals surface area contributed by atoms with Crippen LogP contribution in [0.15, 0.2) is 36.5 Å². The Balaban J connectivity index is 2.25. The minimum atomic E-state index is -0.472. The molecule has 0 unspecified atom stereocenters. The molecule has 0 saturated heterocycles. The molecule has 0 aliphatic carbocycles. The van der Waals surface area contributed by atoms with E-state index < -0.39 is 5.97 Å². The van der Waals surface area contributed by atoms with Crippen LogP contribution in [0, 0.1) is 0 Å². The van der Waals surface area contributed by atoms with Gasteiger partial charge in [-0.2, -0.15) is 0 Å². The summed E-state index contributed by atoms with van der Waals surface area (Å²) >= 11 is 0. The molecule has 1 heterocycles. The summed E-state index contributed by atoms with van der Waals surface area (Å²) < 4.78 is 4.75. The second kappa shape index (κ2) is 7.08. The van der Waals surface area contributed by atoms with Crippen LogP contribution in [-0.2, 0) is 4.74 Å². The van der Waals surface area contributed by atoms with Crippen molar-refractivity contribution in [2.75, 3.05) is 12.4 Å². The van der Waals surface area contributed by atoms with Crippen LogP contribution in [0.2, 0.25) is 0 Å². The maximum Gasteiger partial charge on any atom is 0.339 e. The maximum atomic E-state index is 12.2. The number of carbonyl (C=O) groups excluding carboxylic acids is 2. The second-order valence-electron chi connectivity index (χ2n) is 6.13. The SMILES string of the molecule is COC(=O)c1ccccc1Nc1nccc(C(=O)NC(C)(C)C)n1. The van der Waals surface area contributed by atoms with E-state index in [4.69, 9.17) is 4.74 Å². The summed E-state index contributed by atoms with van der Waals surface area (Å²) in [5.74, 6) is -0.554. The predicted octanol–water partition coefficient (Wildman–Crippen LogP) is 2.54. The highest BCUT2D eigenvalue weighted by Gasteiger charge is 2.17. The lowest BCUT2D eigenvalue weighted by Gasteiger charge is -2.20. The van der Waals surface area contributed by atoms with Crippen molar-refractivity contribution in [3.8, 4) is 0 Å². The molecule has 0 atom stereocenters. The number of nitrogens with zero attached hydrogens (tertiary/aromatic N) is 2. The van der Waals surface area contributed by atoms with Crippen LogP contribution in [0.1, 0.15) is 41.6 Å². The number of hydrogen-bond acceptors (Lipinski definition) is 6. The molecule has 0 fully saturated rings. The van der Waals surface area contributed by atoms with Crippen LogP contribution in [0.4, 0.5) is 11.6 Å². The summed E-state index contributed by atoms with van der Waals surface area (Å²) in [5, 5.41) is 5.78. The van der Waals surface area contributed by atoms with Crippen molar-refractivity contribution in [3.05, 3.63) is 47.8 Å². The van der Waals surface area contributed by atoms with Crippen molar-refractivity contribution in [2.24, 2.45) is 0 Å². The van der Waals surface area contributed by atoms with Gasteiger partial charge in [0.05, 0.1) is 18.4 Å². The van der Waals surface area contributed by atoms with Gasteiger partial charge in [0.15, 0.2) is 0 Å². The zero-order chi connectivity index (χ0) is 17.7. The maximum absolute atomic E-state index is 12.2. The van der Waals surface area contributed by atoms with Crippen LogP contribution >= 0.6 is 0 Å². The van der Waals surface area contributed by atoms with Gasteiger partial charge < -0.3 is 15.4 Å². The Bertz CT molecular complexity index is 753. The van der Waals surface area contributed by atoms with Crippen molar-refractivity contribution < 1.29 is 14.3 Å². The fraction of sp³-hybridized carbons (Fsp3) is 0.294. The summed E-state index contributed by atoms with van der Waals surface area (Å²) in [4.78, 5) is 32.2. The highest BCUT2D eigenvalue weighted by Crippen LogP contribution is 2.19. The third-order valence-electron chi connectivity index (χ3n) is 2.96. The molecule has 0 spiro atoms. The molecule has 24 heavy (non-hydrogen) atoms. The van der Waals surface area contributed by atoms with E-state index in [2.05, 4.69) is 20.6 Å². The standard InChI is InChI=1S/C17H20N4O3/c1-17(2,3)21-14(22)13-9-10-18-16(20-13)19-12-8-6-5-7-11(12)15(23)24-4/h5-10H,1-4H3,(H,21,22)(H,18,19,20).